The summed E-state index contributed by atoms with van der Waals surface area (Å²) in [5.74, 6) is -0.147. The average Bonchev–Trinajstić information content (AvgIpc) is 3.03. The lowest BCUT2D eigenvalue weighted by Crippen LogP contribution is -2.37. The molecule has 2 aromatic rings. The van der Waals surface area contributed by atoms with Gasteiger partial charge in [-0.05, 0) is 31.0 Å². The molecule has 1 saturated carbocycles. The summed E-state index contributed by atoms with van der Waals surface area (Å²) in [5, 5.41) is 10.7. The highest BCUT2D eigenvalue weighted by molar-refractivity contribution is 5.92. The van der Waals surface area contributed by atoms with E-state index in [-0.39, 0.29) is 5.91 Å². The standard InChI is InChI=1S/C18H25N5O/c24-18(21-12-11-19-15-6-3-1-2-4-7-15)17-14-16(8-10-20-17)23-13-5-9-22-23/h5,8-10,13-15,19H,1-4,6-7,11-12H2,(H,21,24). The van der Waals surface area contributed by atoms with Crippen LogP contribution in [0, 0.1) is 0 Å². The van der Waals surface area contributed by atoms with Gasteiger partial charge in [0.05, 0.1) is 5.69 Å². The fourth-order valence-corrected chi connectivity index (χ4v) is 3.13. The van der Waals surface area contributed by atoms with Gasteiger partial charge in [0.25, 0.3) is 5.91 Å². The van der Waals surface area contributed by atoms with Crippen LogP contribution < -0.4 is 10.6 Å². The Morgan fingerprint density at radius 3 is 2.75 bits per heavy atom. The molecule has 0 spiro atoms. The topological polar surface area (TPSA) is 71.8 Å². The van der Waals surface area contributed by atoms with Gasteiger partial charge in [0, 0.05) is 37.7 Å². The fourth-order valence-electron chi connectivity index (χ4n) is 3.13. The number of amides is 1. The molecule has 0 saturated heterocycles. The third-order valence-electron chi connectivity index (χ3n) is 4.44. The van der Waals surface area contributed by atoms with Crippen molar-refractivity contribution in [3.63, 3.8) is 0 Å². The molecule has 1 aliphatic carbocycles. The highest BCUT2D eigenvalue weighted by atomic mass is 16.1. The van der Waals surface area contributed by atoms with Crippen molar-refractivity contribution in [2.24, 2.45) is 0 Å². The molecule has 0 aliphatic heterocycles. The Morgan fingerprint density at radius 1 is 1.17 bits per heavy atom. The Balaban J connectivity index is 1.46. The van der Waals surface area contributed by atoms with Crippen molar-refractivity contribution in [2.75, 3.05) is 13.1 Å². The molecule has 0 bridgehead atoms. The average molecular weight is 327 g/mol. The zero-order valence-corrected chi connectivity index (χ0v) is 13.9. The maximum absolute atomic E-state index is 12.2. The van der Waals surface area contributed by atoms with Crippen LogP contribution in [0.15, 0.2) is 36.8 Å². The van der Waals surface area contributed by atoms with Gasteiger partial charge in [0.1, 0.15) is 5.69 Å². The lowest BCUT2D eigenvalue weighted by Gasteiger charge is -2.16. The minimum Gasteiger partial charge on any atom is -0.349 e. The Labute approximate surface area is 142 Å². The van der Waals surface area contributed by atoms with Crippen LogP contribution in [-0.4, -0.2) is 39.8 Å². The van der Waals surface area contributed by atoms with Crippen molar-refractivity contribution in [1.82, 2.24) is 25.4 Å². The van der Waals surface area contributed by atoms with Gasteiger partial charge < -0.3 is 10.6 Å². The molecule has 2 aromatic heterocycles. The Hall–Kier alpha value is -2.21. The third-order valence-corrected chi connectivity index (χ3v) is 4.44. The molecular formula is C18H25N5O. The van der Waals surface area contributed by atoms with Gasteiger partial charge in [-0.3, -0.25) is 9.78 Å². The number of nitrogens with one attached hydrogen (secondary N) is 2. The molecule has 6 heteroatoms. The van der Waals surface area contributed by atoms with E-state index in [1.165, 1.54) is 38.5 Å². The summed E-state index contributed by atoms with van der Waals surface area (Å²) in [6, 6.07) is 6.03. The largest absolute Gasteiger partial charge is 0.349 e. The first-order valence-electron chi connectivity index (χ1n) is 8.80. The van der Waals surface area contributed by atoms with Gasteiger partial charge in [0.15, 0.2) is 0 Å². The summed E-state index contributed by atoms with van der Waals surface area (Å²) in [6.45, 7) is 1.41. The third kappa shape index (κ3) is 4.64. The van der Waals surface area contributed by atoms with Crippen LogP contribution in [-0.2, 0) is 0 Å². The first kappa shape index (κ1) is 16.6. The van der Waals surface area contributed by atoms with E-state index in [0.29, 0.717) is 18.3 Å². The number of carbonyl (C=O) groups is 1. The number of aromatic nitrogens is 3. The minimum atomic E-state index is -0.147. The zero-order valence-electron chi connectivity index (χ0n) is 13.9. The fraction of sp³-hybridized carbons (Fsp3) is 0.500. The second kappa shape index (κ2) is 8.59. The van der Waals surface area contributed by atoms with Crippen LogP contribution >= 0.6 is 0 Å². The van der Waals surface area contributed by atoms with Crippen LogP contribution in [0.2, 0.25) is 0 Å². The minimum absolute atomic E-state index is 0.147. The van der Waals surface area contributed by atoms with Crippen molar-refractivity contribution in [1.29, 1.82) is 0 Å². The Morgan fingerprint density at radius 2 is 2.00 bits per heavy atom. The second-order valence-corrected chi connectivity index (χ2v) is 6.25. The second-order valence-electron chi connectivity index (χ2n) is 6.25. The highest BCUT2D eigenvalue weighted by Gasteiger charge is 2.12. The van der Waals surface area contributed by atoms with Gasteiger partial charge in [0.2, 0.25) is 0 Å². The van der Waals surface area contributed by atoms with Crippen LogP contribution in [0.3, 0.4) is 0 Å². The van der Waals surface area contributed by atoms with E-state index < -0.39 is 0 Å². The smallest absolute Gasteiger partial charge is 0.269 e. The van der Waals surface area contributed by atoms with Crippen molar-refractivity contribution >= 4 is 5.91 Å². The van der Waals surface area contributed by atoms with Gasteiger partial charge in [-0.2, -0.15) is 5.10 Å². The predicted molar refractivity (Wildman–Crippen MR) is 93.2 cm³/mol. The molecule has 2 heterocycles. The lowest BCUT2D eigenvalue weighted by atomic mass is 10.1. The predicted octanol–water partition coefficient (Wildman–Crippen LogP) is 2.31. The quantitative estimate of drug-likeness (QED) is 0.631. The van der Waals surface area contributed by atoms with E-state index in [4.69, 9.17) is 0 Å². The van der Waals surface area contributed by atoms with Crippen molar-refractivity contribution < 1.29 is 4.79 Å². The van der Waals surface area contributed by atoms with E-state index in [0.717, 1.165) is 12.2 Å². The van der Waals surface area contributed by atoms with Gasteiger partial charge in [-0.25, -0.2) is 4.68 Å². The maximum Gasteiger partial charge on any atom is 0.269 e. The van der Waals surface area contributed by atoms with Gasteiger partial charge in [-0.15, -0.1) is 0 Å². The Bertz CT molecular complexity index is 633. The van der Waals surface area contributed by atoms with Crippen LogP contribution in [0.1, 0.15) is 49.0 Å². The molecule has 1 fully saturated rings. The summed E-state index contributed by atoms with van der Waals surface area (Å²) in [7, 11) is 0. The molecule has 24 heavy (non-hydrogen) atoms. The van der Waals surface area contributed by atoms with Gasteiger partial charge in [-0.1, -0.05) is 25.7 Å². The summed E-state index contributed by atoms with van der Waals surface area (Å²) in [5.41, 5.74) is 1.24. The molecule has 3 rings (SSSR count). The molecular weight excluding hydrogens is 302 g/mol. The number of carbonyl (C=O) groups excluding carboxylic acids is 1. The van der Waals surface area contributed by atoms with E-state index in [1.54, 1.807) is 23.1 Å². The normalized spacial score (nSPS) is 15.8. The molecule has 2 N–H and O–H groups in total. The summed E-state index contributed by atoms with van der Waals surface area (Å²) in [6.07, 6.45) is 13.0. The van der Waals surface area contributed by atoms with Crippen molar-refractivity contribution in [3.8, 4) is 5.69 Å². The zero-order chi connectivity index (χ0) is 16.6. The van der Waals surface area contributed by atoms with Crippen LogP contribution in [0.4, 0.5) is 0 Å². The first-order valence-corrected chi connectivity index (χ1v) is 8.80. The molecule has 128 valence electrons. The number of hydrogen-bond acceptors (Lipinski definition) is 4. The summed E-state index contributed by atoms with van der Waals surface area (Å²) in [4.78, 5) is 16.4. The molecule has 0 atom stereocenters. The molecule has 1 amide bonds. The number of nitrogens with zero attached hydrogens (tertiary/aromatic N) is 3. The van der Waals surface area contributed by atoms with E-state index >= 15 is 0 Å². The van der Waals surface area contributed by atoms with E-state index in [9.17, 15) is 4.79 Å². The molecule has 0 radical (unpaired) electrons. The van der Waals surface area contributed by atoms with Gasteiger partial charge >= 0.3 is 0 Å². The molecule has 6 nitrogen and oxygen atoms in total. The van der Waals surface area contributed by atoms with Crippen LogP contribution in [0.25, 0.3) is 5.69 Å². The highest BCUT2D eigenvalue weighted by Crippen LogP contribution is 2.16. The molecule has 0 aromatic carbocycles. The van der Waals surface area contributed by atoms with Crippen LogP contribution in [0.5, 0.6) is 0 Å². The summed E-state index contributed by atoms with van der Waals surface area (Å²) < 4.78 is 1.71. The van der Waals surface area contributed by atoms with Crippen molar-refractivity contribution in [2.45, 2.75) is 44.6 Å². The summed E-state index contributed by atoms with van der Waals surface area (Å²) >= 11 is 0. The molecule has 0 unspecified atom stereocenters. The van der Waals surface area contributed by atoms with E-state index in [1.807, 2.05) is 18.3 Å². The first-order chi connectivity index (χ1) is 11.8. The monoisotopic (exact) mass is 327 g/mol. The maximum atomic E-state index is 12.2. The number of pyridine rings is 1. The lowest BCUT2D eigenvalue weighted by molar-refractivity contribution is 0.0948. The number of hydrogen-bond donors (Lipinski definition) is 2. The SMILES string of the molecule is O=C(NCCNC1CCCCCC1)c1cc(-n2cccn2)ccn1. The van der Waals surface area contributed by atoms with E-state index in [2.05, 4.69) is 20.7 Å². The Kier molecular flexibility index (Phi) is 5.96. The van der Waals surface area contributed by atoms with Crippen molar-refractivity contribution in [3.05, 3.63) is 42.5 Å². The molecule has 1 aliphatic rings. The number of rotatable bonds is 6.